The Hall–Kier alpha value is -1.57. The summed E-state index contributed by atoms with van der Waals surface area (Å²) in [6.07, 6.45) is 0. The minimum Gasteiger partial charge on any atom is -0.398 e. The Kier molecular flexibility index (Phi) is 2.58. The van der Waals surface area contributed by atoms with Crippen LogP contribution >= 0.6 is 0 Å². The van der Waals surface area contributed by atoms with Gasteiger partial charge in [0.25, 0.3) is 0 Å². The molecule has 0 aliphatic rings. The first-order chi connectivity index (χ1) is 7.52. The summed E-state index contributed by atoms with van der Waals surface area (Å²) in [5, 5.41) is 1.08. The van der Waals surface area contributed by atoms with Crippen LogP contribution in [0, 0.1) is 13.8 Å². The Labute approximate surface area is 96.5 Å². The highest BCUT2D eigenvalue weighted by atomic mass is 14.7. The maximum absolute atomic E-state index is 6.25. The molecule has 0 aliphatic heterocycles. The van der Waals surface area contributed by atoms with Crippen LogP contribution < -0.4 is 5.73 Å². The molecule has 0 radical (unpaired) electrons. The third-order valence-corrected chi connectivity index (χ3v) is 3.06. The quantitative estimate of drug-likeness (QED) is 0.788. The van der Waals surface area contributed by atoms with E-state index in [4.69, 9.17) is 5.73 Å². The summed E-state index contributed by atoms with van der Waals surface area (Å²) in [7, 11) is 0. The molecule has 1 heterocycles. The van der Waals surface area contributed by atoms with Crippen molar-refractivity contribution >= 4 is 16.6 Å². The summed E-state index contributed by atoms with van der Waals surface area (Å²) >= 11 is 0. The van der Waals surface area contributed by atoms with Crippen LogP contribution in [0.15, 0.2) is 18.2 Å². The van der Waals surface area contributed by atoms with Gasteiger partial charge in [0.1, 0.15) is 0 Å². The highest BCUT2D eigenvalue weighted by molar-refractivity contribution is 5.94. The zero-order valence-corrected chi connectivity index (χ0v) is 10.3. The smallest absolute Gasteiger partial charge is 0.0755 e. The minimum absolute atomic E-state index is 0.414. The molecule has 2 nitrogen and oxygen atoms in total. The molecule has 0 bridgehead atoms. The third kappa shape index (κ3) is 1.54. The van der Waals surface area contributed by atoms with E-state index in [1.807, 2.05) is 13.0 Å². The van der Waals surface area contributed by atoms with Gasteiger partial charge in [-0.3, -0.25) is 4.98 Å². The average molecular weight is 214 g/mol. The highest BCUT2D eigenvalue weighted by Gasteiger charge is 2.13. The number of nitrogens with zero attached hydrogens (tertiary/aromatic N) is 1. The van der Waals surface area contributed by atoms with Gasteiger partial charge in [-0.25, -0.2) is 0 Å². The van der Waals surface area contributed by atoms with E-state index in [-0.39, 0.29) is 0 Å². The average Bonchev–Trinajstić information content (AvgIpc) is 2.19. The Morgan fingerprint density at radius 2 is 1.88 bits per heavy atom. The molecule has 1 aromatic carbocycles. The molecular weight excluding hydrogens is 196 g/mol. The van der Waals surface area contributed by atoms with Gasteiger partial charge in [-0.2, -0.15) is 0 Å². The van der Waals surface area contributed by atoms with Gasteiger partial charge in [0.15, 0.2) is 0 Å². The van der Waals surface area contributed by atoms with Gasteiger partial charge in [-0.15, -0.1) is 0 Å². The number of hydrogen-bond acceptors (Lipinski definition) is 2. The Bertz CT molecular complexity index is 542. The number of nitrogen functional groups attached to an aromatic ring is 1. The summed E-state index contributed by atoms with van der Waals surface area (Å²) in [5.41, 5.74) is 11.6. The predicted molar refractivity (Wildman–Crippen MR) is 69.7 cm³/mol. The fraction of sp³-hybridized carbons (Fsp3) is 0.357. The molecule has 0 amide bonds. The molecule has 2 N–H and O–H groups in total. The summed E-state index contributed by atoms with van der Waals surface area (Å²) in [6, 6.07) is 6.16. The first-order valence-corrected chi connectivity index (χ1v) is 5.67. The van der Waals surface area contributed by atoms with E-state index >= 15 is 0 Å². The zero-order valence-electron chi connectivity index (χ0n) is 10.3. The Morgan fingerprint density at radius 1 is 1.19 bits per heavy atom. The number of pyridine rings is 1. The highest BCUT2D eigenvalue weighted by Crippen LogP contribution is 2.31. The molecule has 0 unspecified atom stereocenters. The van der Waals surface area contributed by atoms with E-state index < -0.39 is 0 Å². The zero-order chi connectivity index (χ0) is 11.9. The van der Waals surface area contributed by atoms with Crippen molar-refractivity contribution in [3.8, 4) is 0 Å². The van der Waals surface area contributed by atoms with Crippen molar-refractivity contribution in [1.29, 1.82) is 0 Å². The predicted octanol–water partition coefficient (Wildman–Crippen LogP) is 3.56. The topological polar surface area (TPSA) is 38.9 Å². The number of anilines is 1. The van der Waals surface area contributed by atoms with E-state index in [0.29, 0.717) is 5.92 Å². The van der Waals surface area contributed by atoms with Crippen LogP contribution in [-0.4, -0.2) is 4.98 Å². The molecule has 0 fully saturated rings. The van der Waals surface area contributed by atoms with Gasteiger partial charge in [0.05, 0.1) is 5.52 Å². The first-order valence-electron chi connectivity index (χ1n) is 5.67. The van der Waals surface area contributed by atoms with Gasteiger partial charge >= 0.3 is 0 Å². The van der Waals surface area contributed by atoms with Crippen molar-refractivity contribution in [2.75, 3.05) is 5.73 Å². The minimum atomic E-state index is 0.414. The molecule has 0 spiro atoms. The van der Waals surface area contributed by atoms with Crippen LogP contribution in [0.1, 0.15) is 36.6 Å². The molecule has 0 atom stereocenters. The molecule has 16 heavy (non-hydrogen) atoms. The lowest BCUT2D eigenvalue weighted by Crippen LogP contribution is -2.03. The summed E-state index contributed by atoms with van der Waals surface area (Å²) in [6.45, 7) is 8.42. The van der Waals surface area contributed by atoms with Crippen molar-refractivity contribution < 1.29 is 0 Å². The maximum Gasteiger partial charge on any atom is 0.0755 e. The second kappa shape index (κ2) is 3.78. The number of rotatable bonds is 1. The van der Waals surface area contributed by atoms with Crippen LogP contribution in [0.2, 0.25) is 0 Å². The number of aryl methyl sites for hydroxylation is 2. The van der Waals surface area contributed by atoms with Gasteiger partial charge in [-0.05, 0) is 30.9 Å². The van der Waals surface area contributed by atoms with E-state index in [0.717, 1.165) is 22.3 Å². The first kappa shape index (κ1) is 10.9. The second-order valence-corrected chi connectivity index (χ2v) is 4.65. The van der Waals surface area contributed by atoms with Crippen LogP contribution in [0.3, 0.4) is 0 Å². The molecule has 0 saturated carbocycles. The van der Waals surface area contributed by atoms with Crippen molar-refractivity contribution in [3.05, 3.63) is 35.0 Å². The third-order valence-electron chi connectivity index (χ3n) is 3.06. The van der Waals surface area contributed by atoms with Gasteiger partial charge in [0, 0.05) is 16.8 Å². The lowest BCUT2D eigenvalue weighted by Gasteiger charge is -2.15. The number of benzene rings is 1. The molecular formula is C14H18N2. The maximum atomic E-state index is 6.25. The van der Waals surface area contributed by atoms with Crippen molar-refractivity contribution in [3.63, 3.8) is 0 Å². The Balaban J connectivity index is 2.89. The summed E-state index contributed by atoms with van der Waals surface area (Å²) < 4.78 is 0. The number of aromatic nitrogens is 1. The number of fused-ring (bicyclic) bond motifs is 1. The molecule has 2 heteroatoms. The molecule has 2 rings (SSSR count). The van der Waals surface area contributed by atoms with Gasteiger partial charge in [0.2, 0.25) is 0 Å². The SMILES string of the molecule is Cc1nc2c(C)cccc2c(N)c1C(C)C. The summed E-state index contributed by atoms with van der Waals surface area (Å²) in [4.78, 5) is 4.68. The van der Waals surface area contributed by atoms with Crippen molar-refractivity contribution in [2.45, 2.75) is 33.6 Å². The fourth-order valence-electron chi connectivity index (χ4n) is 2.32. The normalized spacial score (nSPS) is 11.3. The fourth-order valence-corrected chi connectivity index (χ4v) is 2.32. The van der Waals surface area contributed by atoms with E-state index in [2.05, 4.69) is 37.9 Å². The van der Waals surface area contributed by atoms with Crippen molar-refractivity contribution in [2.24, 2.45) is 0 Å². The second-order valence-electron chi connectivity index (χ2n) is 4.65. The van der Waals surface area contributed by atoms with Crippen LogP contribution in [-0.2, 0) is 0 Å². The largest absolute Gasteiger partial charge is 0.398 e. The van der Waals surface area contributed by atoms with Crippen LogP contribution in [0.25, 0.3) is 10.9 Å². The van der Waals surface area contributed by atoms with E-state index in [1.165, 1.54) is 11.1 Å². The molecule has 84 valence electrons. The van der Waals surface area contributed by atoms with Crippen molar-refractivity contribution in [1.82, 2.24) is 4.98 Å². The standard InChI is InChI=1S/C14H18N2/c1-8(2)12-10(4)16-14-9(3)6-5-7-11(14)13(12)15/h5-8H,1-4H3,(H2,15,16). The van der Waals surface area contributed by atoms with Crippen LogP contribution in [0.5, 0.6) is 0 Å². The lowest BCUT2D eigenvalue weighted by atomic mass is 9.96. The number of para-hydroxylation sites is 1. The van der Waals surface area contributed by atoms with Gasteiger partial charge < -0.3 is 5.73 Å². The molecule has 0 aliphatic carbocycles. The molecule has 1 aromatic heterocycles. The van der Waals surface area contributed by atoms with E-state index in [9.17, 15) is 0 Å². The monoisotopic (exact) mass is 214 g/mol. The van der Waals surface area contributed by atoms with Gasteiger partial charge in [-0.1, -0.05) is 32.0 Å². The number of hydrogen-bond donors (Lipinski definition) is 1. The molecule has 2 aromatic rings. The summed E-state index contributed by atoms with van der Waals surface area (Å²) in [5.74, 6) is 0.414. The van der Waals surface area contributed by atoms with E-state index in [1.54, 1.807) is 0 Å². The number of nitrogens with two attached hydrogens (primary N) is 1. The Morgan fingerprint density at radius 3 is 2.50 bits per heavy atom. The molecule has 0 saturated heterocycles. The lowest BCUT2D eigenvalue weighted by molar-refractivity contribution is 0.851. The van der Waals surface area contributed by atoms with Crippen LogP contribution in [0.4, 0.5) is 5.69 Å².